The van der Waals surface area contributed by atoms with Crippen molar-refractivity contribution in [2.45, 2.75) is 22.9 Å². The highest BCUT2D eigenvalue weighted by molar-refractivity contribution is 8.00. The van der Waals surface area contributed by atoms with Gasteiger partial charge in [-0.3, -0.25) is 0 Å². The van der Waals surface area contributed by atoms with E-state index < -0.39 is 0 Å². The van der Waals surface area contributed by atoms with Gasteiger partial charge in [0.15, 0.2) is 4.34 Å². The zero-order valence-corrected chi connectivity index (χ0v) is 14.0. The van der Waals surface area contributed by atoms with Gasteiger partial charge in [0, 0.05) is 10.8 Å². The Labute approximate surface area is 137 Å². The molecular formula is C13H15Cl2N3S2. The molecule has 1 aromatic carbocycles. The van der Waals surface area contributed by atoms with Crippen molar-refractivity contribution in [3.05, 3.63) is 39.4 Å². The average molecular weight is 348 g/mol. The molecule has 3 nitrogen and oxygen atoms in total. The summed E-state index contributed by atoms with van der Waals surface area (Å²) in [5, 5.41) is 12.2. The fraction of sp³-hybridized carbons (Fsp3) is 0.385. The number of rotatable bonds is 3. The lowest BCUT2D eigenvalue weighted by Crippen LogP contribution is -2.16. The Morgan fingerprint density at radius 1 is 1.30 bits per heavy atom. The van der Waals surface area contributed by atoms with E-state index in [0.717, 1.165) is 41.0 Å². The molecule has 0 fully saturated rings. The minimum Gasteiger partial charge on any atom is -0.316 e. The third-order valence-corrected chi connectivity index (χ3v) is 5.51. The Hall–Kier alpha value is -0.330. The Kier molecular flexibility index (Phi) is 6.11. The summed E-state index contributed by atoms with van der Waals surface area (Å²) in [6.45, 7) is 2.08. The van der Waals surface area contributed by atoms with Gasteiger partial charge in [0.1, 0.15) is 5.51 Å². The summed E-state index contributed by atoms with van der Waals surface area (Å²) in [7, 11) is 0. The first kappa shape index (κ1) is 16.0. The molecule has 108 valence electrons. The van der Waals surface area contributed by atoms with Crippen LogP contribution in [0.15, 0.2) is 22.0 Å². The minimum atomic E-state index is 0. The van der Waals surface area contributed by atoms with Crippen molar-refractivity contribution in [1.82, 2.24) is 15.5 Å². The van der Waals surface area contributed by atoms with Crippen molar-refractivity contribution in [3.63, 3.8) is 0 Å². The fourth-order valence-electron chi connectivity index (χ4n) is 2.34. The van der Waals surface area contributed by atoms with Gasteiger partial charge in [0.25, 0.3) is 0 Å². The highest BCUT2D eigenvalue weighted by Gasteiger charge is 2.15. The zero-order chi connectivity index (χ0) is 13.1. The molecule has 7 heteroatoms. The first-order valence-electron chi connectivity index (χ1n) is 6.23. The van der Waals surface area contributed by atoms with E-state index in [1.807, 2.05) is 6.07 Å². The molecule has 1 N–H and O–H groups in total. The van der Waals surface area contributed by atoms with E-state index in [-0.39, 0.29) is 12.4 Å². The molecule has 2 heterocycles. The molecular weight excluding hydrogens is 333 g/mol. The Morgan fingerprint density at radius 3 is 2.95 bits per heavy atom. The largest absolute Gasteiger partial charge is 0.316 e. The topological polar surface area (TPSA) is 37.8 Å². The molecule has 20 heavy (non-hydrogen) atoms. The van der Waals surface area contributed by atoms with Crippen LogP contribution in [-0.2, 0) is 18.6 Å². The smallest absolute Gasteiger partial charge is 0.174 e. The van der Waals surface area contributed by atoms with Crippen LogP contribution in [0.3, 0.4) is 0 Å². The molecule has 1 aliphatic rings. The summed E-state index contributed by atoms with van der Waals surface area (Å²) in [5.74, 6) is 0.872. The van der Waals surface area contributed by atoms with Gasteiger partial charge >= 0.3 is 0 Å². The van der Waals surface area contributed by atoms with E-state index in [0.29, 0.717) is 0 Å². The van der Waals surface area contributed by atoms with Gasteiger partial charge < -0.3 is 5.32 Å². The number of nitrogens with one attached hydrogen (secondary N) is 1. The van der Waals surface area contributed by atoms with Crippen LogP contribution >= 0.6 is 47.1 Å². The average Bonchev–Trinajstić information content (AvgIpc) is 2.82. The summed E-state index contributed by atoms with van der Waals surface area (Å²) < 4.78 is 1.00. The normalized spacial score (nSPS) is 14.2. The van der Waals surface area contributed by atoms with Crippen molar-refractivity contribution in [2.24, 2.45) is 0 Å². The van der Waals surface area contributed by atoms with Crippen LogP contribution in [0.1, 0.15) is 16.7 Å². The molecule has 0 bridgehead atoms. The lowest BCUT2D eigenvalue weighted by molar-refractivity contribution is 0.710. The van der Waals surface area contributed by atoms with Gasteiger partial charge in [-0.1, -0.05) is 40.8 Å². The molecule has 0 saturated carbocycles. The maximum Gasteiger partial charge on any atom is 0.174 e. The van der Waals surface area contributed by atoms with Crippen LogP contribution in [-0.4, -0.2) is 23.3 Å². The molecule has 0 atom stereocenters. The number of aromatic nitrogens is 2. The highest BCUT2D eigenvalue weighted by atomic mass is 35.5. The van der Waals surface area contributed by atoms with Gasteiger partial charge in [-0.25, -0.2) is 0 Å². The quantitative estimate of drug-likeness (QED) is 0.861. The van der Waals surface area contributed by atoms with E-state index in [4.69, 9.17) is 11.6 Å². The lowest BCUT2D eigenvalue weighted by atomic mass is 9.98. The van der Waals surface area contributed by atoms with Crippen LogP contribution < -0.4 is 5.32 Å². The van der Waals surface area contributed by atoms with Gasteiger partial charge in [0.2, 0.25) is 0 Å². The summed E-state index contributed by atoms with van der Waals surface area (Å²) >= 11 is 9.68. The van der Waals surface area contributed by atoms with E-state index in [1.165, 1.54) is 16.7 Å². The monoisotopic (exact) mass is 347 g/mol. The number of hydrogen-bond acceptors (Lipinski definition) is 5. The van der Waals surface area contributed by atoms with Crippen molar-refractivity contribution >= 4 is 47.1 Å². The second-order valence-corrected chi connectivity index (χ2v) is 6.87. The standard InChI is InChI=1S/C13H14ClN3S2.ClH/c14-12-2-1-9-3-5-15-6-4-10(9)11(12)7-18-13-17-16-8-19-13;/h1-2,8,15H,3-7H2;1H. The molecule has 2 aromatic rings. The highest BCUT2D eigenvalue weighted by Crippen LogP contribution is 2.32. The van der Waals surface area contributed by atoms with E-state index in [2.05, 4.69) is 21.6 Å². The summed E-state index contributed by atoms with van der Waals surface area (Å²) in [5.41, 5.74) is 5.89. The zero-order valence-electron chi connectivity index (χ0n) is 10.8. The summed E-state index contributed by atoms with van der Waals surface area (Å²) in [6, 6.07) is 4.20. The molecule has 0 radical (unpaired) electrons. The molecule has 0 unspecified atom stereocenters. The number of fused-ring (bicyclic) bond motifs is 1. The lowest BCUT2D eigenvalue weighted by Gasteiger charge is -2.13. The number of benzene rings is 1. The minimum absolute atomic E-state index is 0. The van der Waals surface area contributed by atoms with E-state index >= 15 is 0 Å². The first-order chi connectivity index (χ1) is 9.34. The van der Waals surface area contributed by atoms with Gasteiger partial charge in [-0.05, 0) is 48.7 Å². The third kappa shape index (κ3) is 3.65. The second-order valence-electron chi connectivity index (χ2n) is 4.41. The third-order valence-electron chi connectivity index (χ3n) is 3.27. The van der Waals surface area contributed by atoms with Crippen molar-refractivity contribution in [2.75, 3.05) is 13.1 Å². The number of nitrogens with zero attached hydrogens (tertiary/aromatic N) is 2. The van der Waals surface area contributed by atoms with Crippen LogP contribution in [0, 0.1) is 0 Å². The van der Waals surface area contributed by atoms with Crippen LogP contribution in [0.5, 0.6) is 0 Å². The molecule has 0 spiro atoms. The number of thioether (sulfide) groups is 1. The SMILES string of the molecule is Cl.Clc1ccc2c(c1CSc1nncs1)CCNCC2. The Bertz CT molecular complexity index is 561. The molecule has 0 amide bonds. The molecule has 1 aliphatic heterocycles. The maximum absolute atomic E-state index is 6.39. The van der Waals surface area contributed by atoms with Gasteiger partial charge in [-0.2, -0.15) is 0 Å². The summed E-state index contributed by atoms with van der Waals surface area (Å²) in [4.78, 5) is 0. The molecule has 1 aromatic heterocycles. The van der Waals surface area contributed by atoms with Crippen LogP contribution in [0.4, 0.5) is 0 Å². The van der Waals surface area contributed by atoms with E-state index in [9.17, 15) is 0 Å². The first-order valence-corrected chi connectivity index (χ1v) is 8.48. The molecule has 0 aliphatic carbocycles. The second kappa shape index (κ2) is 7.61. The van der Waals surface area contributed by atoms with Gasteiger partial charge in [0.05, 0.1) is 0 Å². The Balaban J connectivity index is 0.00000147. The summed E-state index contributed by atoms with van der Waals surface area (Å²) in [6.07, 6.45) is 2.14. The maximum atomic E-state index is 6.39. The number of halogens is 2. The predicted octanol–water partition coefficient (Wildman–Crippen LogP) is 3.59. The molecule has 0 saturated heterocycles. The molecule has 3 rings (SSSR count). The van der Waals surface area contributed by atoms with Crippen LogP contribution in [0.2, 0.25) is 5.02 Å². The van der Waals surface area contributed by atoms with Crippen molar-refractivity contribution < 1.29 is 0 Å². The van der Waals surface area contributed by atoms with Crippen LogP contribution in [0.25, 0.3) is 0 Å². The predicted molar refractivity (Wildman–Crippen MR) is 88.4 cm³/mol. The van der Waals surface area contributed by atoms with Gasteiger partial charge in [-0.15, -0.1) is 22.6 Å². The van der Waals surface area contributed by atoms with Crippen molar-refractivity contribution in [3.8, 4) is 0 Å². The fourth-order valence-corrected chi connectivity index (χ4v) is 4.22. The van der Waals surface area contributed by atoms with Crippen molar-refractivity contribution in [1.29, 1.82) is 0 Å². The number of hydrogen-bond donors (Lipinski definition) is 1. The Morgan fingerprint density at radius 2 is 2.15 bits per heavy atom. The van der Waals surface area contributed by atoms with E-state index in [1.54, 1.807) is 28.6 Å².